The largest absolute Gasteiger partial charge is 0.458 e. The molecule has 8 heteroatoms. The molecule has 0 saturated heterocycles. The van der Waals surface area contributed by atoms with E-state index in [1.54, 1.807) is 69.2 Å². The van der Waals surface area contributed by atoms with Crippen molar-refractivity contribution in [1.82, 2.24) is 4.90 Å². The van der Waals surface area contributed by atoms with Crippen LogP contribution in [0, 0.1) is 5.92 Å². The Kier molecular flexibility index (Phi) is 9.34. The van der Waals surface area contributed by atoms with Gasteiger partial charge in [-0.05, 0) is 74.7 Å². The van der Waals surface area contributed by atoms with Crippen LogP contribution in [0.4, 0.5) is 9.59 Å². The number of carbonyl (C=O) groups excluding carboxylic acids is 4. The van der Waals surface area contributed by atoms with E-state index in [1.807, 2.05) is 0 Å². The summed E-state index contributed by atoms with van der Waals surface area (Å²) in [7, 11) is 0. The van der Waals surface area contributed by atoms with Crippen LogP contribution in [-0.2, 0) is 23.8 Å². The van der Waals surface area contributed by atoms with Gasteiger partial charge >= 0.3 is 18.2 Å². The van der Waals surface area contributed by atoms with Gasteiger partial charge in [-0.1, -0.05) is 6.92 Å². The fourth-order valence-corrected chi connectivity index (χ4v) is 2.27. The third kappa shape index (κ3) is 11.5. The van der Waals surface area contributed by atoms with E-state index in [4.69, 9.17) is 14.2 Å². The maximum Gasteiger partial charge on any atom is 0.420 e. The minimum Gasteiger partial charge on any atom is -0.458 e. The summed E-state index contributed by atoms with van der Waals surface area (Å²) in [5.74, 6) is -1.05. The molecule has 0 aliphatic heterocycles. The zero-order chi connectivity index (χ0) is 23.2. The fourth-order valence-electron chi connectivity index (χ4n) is 2.27. The highest BCUT2D eigenvalue weighted by molar-refractivity contribution is 5.94. The smallest absolute Gasteiger partial charge is 0.420 e. The summed E-state index contributed by atoms with van der Waals surface area (Å²) in [6.07, 6.45) is -1.11. The number of esters is 1. The summed E-state index contributed by atoms with van der Waals surface area (Å²) in [4.78, 5) is 50.2. The SMILES string of the molecule is C[C@H](CC=O)C[C@@H](C(=O)OC(C)(C)C)N(C(=O)OC(C)(C)C)C(=O)OC(C)(C)C. The zero-order valence-corrected chi connectivity index (χ0v) is 19.5. The van der Waals surface area contributed by atoms with Crippen molar-refractivity contribution in [2.24, 2.45) is 5.92 Å². The first kappa shape index (κ1) is 26.9. The first-order chi connectivity index (χ1) is 12.9. The van der Waals surface area contributed by atoms with Crippen molar-refractivity contribution in [2.75, 3.05) is 0 Å². The summed E-state index contributed by atoms with van der Waals surface area (Å²) in [5.41, 5.74) is -2.63. The Morgan fingerprint density at radius 3 is 1.48 bits per heavy atom. The molecule has 0 heterocycles. The summed E-state index contributed by atoms with van der Waals surface area (Å²) >= 11 is 0. The number of aldehydes is 1. The molecule has 0 aromatic heterocycles. The quantitative estimate of drug-likeness (QED) is 0.358. The number of hydrogen-bond acceptors (Lipinski definition) is 7. The number of ether oxygens (including phenoxy) is 3. The minimum absolute atomic E-state index is 0.0339. The summed E-state index contributed by atoms with van der Waals surface area (Å²) in [5, 5.41) is 0. The summed E-state index contributed by atoms with van der Waals surface area (Å²) in [6, 6.07) is -1.30. The molecule has 0 unspecified atom stereocenters. The van der Waals surface area contributed by atoms with Gasteiger partial charge in [0, 0.05) is 6.42 Å². The second-order valence-corrected chi connectivity index (χ2v) is 10.1. The van der Waals surface area contributed by atoms with Crippen LogP contribution in [0.2, 0.25) is 0 Å². The number of amides is 2. The van der Waals surface area contributed by atoms with Crippen LogP contribution in [0.3, 0.4) is 0 Å². The summed E-state index contributed by atoms with van der Waals surface area (Å²) < 4.78 is 16.1. The molecule has 2 amide bonds. The molecule has 0 N–H and O–H groups in total. The lowest BCUT2D eigenvalue weighted by molar-refractivity contribution is -0.161. The molecule has 29 heavy (non-hydrogen) atoms. The molecule has 0 bridgehead atoms. The van der Waals surface area contributed by atoms with Crippen molar-refractivity contribution in [3.05, 3.63) is 0 Å². The van der Waals surface area contributed by atoms with E-state index in [9.17, 15) is 19.2 Å². The predicted octanol–water partition coefficient (Wildman–Crippen LogP) is 4.48. The minimum atomic E-state index is -1.30. The fraction of sp³-hybridized carbons (Fsp3) is 0.810. The molecular formula is C21H37NO7. The zero-order valence-electron chi connectivity index (χ0n) is 19.5. The first-order valence-corrected chi connectivity index (χ1v) is 9.78. The van der Waals surface area contributed by atoms with Crippen molar-refractivity contribution >= 4 is 24.4 Å². The van der Waals surface area contributed by atoms with Gasteiger partial charge in [-0.2, -0.15) is 4.90 Å². The van der Waals surface area contributed by atoms with Crippen molar-refractivity contribution in [3.63, 3.8) is 0 Å². The van der Waals surface area contributed by atoms with E-state index < -0.39 is 41.0 Å². The molecule has 0 aliphatic rings. The lowest BCUT2D eigenvalue weighted by Gasteiger charge is -2.34. The van der Waals surface area contributed by atoms with Crippen molar-refractivity contribution in [3.8, 4) is 0 Å². The maximum atomic E-state index is 12.9. The van der Waals surface area contributed by atoms with Gasteiger partial charge in [0.25, 0.3) is 0 Å². The number of rotatable bonds is 6. The number of carbonyl (C=O) groups is 4. The predicted molar refractivity (Wildman–Crippen MR) is 108 cm³/mol. The van der Waals surface area contributed by atoms with Crippen LogP contribution >= 0.6 is 0 Å². The average molecular weight is 416 g/mol. The van der Waals surface area contributed by atoms with Gasteiger partial charge in [-0.25, -0.2) is 14.4 Å². The van der Waals surface area contributed by atoms with E-state index in [0.717, 1.165) is 6.29 Å². The first-order valence-electron chi connectivity index (χ1n) is 9.78. The van der Waals surface area contributed by atoms with Crippen LogP contribution in [0.15, 0.2) is 0 Å². The van der Waals surface area contributed by atoms with Gasteiger partial charge in [0.1, 0.15) is 29.1 Å². The molecule has 0 saturated carbocycles. The Hall–Kier alpha value is -2.12. The molecule has 168 valence electrons. The Balaban J connectivity index is 6.12. The topological polar surface area (TPSA) is 99.2 Å². The highest BCUT2D eigenvalue weighted by atomic mass is 16.6. The van der Waals surface area contributed by atoms with Crippen LogP contribution < -0.4 is 0 Å². The Morgan fingerprint density at radius 1 is 0.793 bits per heavy atom. The van der Waals surface area contributed by atoms with Gasteiger partial charge in [0.05, 0.1) is 0 Å². The third-order valence-electron chi connectivity index (χ3n) is 3.30. The standard InChI is InChI=1S/C21H37NO7/c1-14(11-12-23)13-15(16(24)27-19(2,3)4)22(17(25)28-20(5,6)7)18(26)29-21(8,9)10/h12,14-15H,11,13H2,1-10H3/t14-,15+/m1/s1. The van der Waals surface area contributed by atoms with Crippen LogP contribution in [0.25, 0.3) is 0 Å². The number of imide groups is 1. The molecule has 0 aromatic rings. The molecule has 0 rings (SSSR count). The third-order valence-corrected chi connectivity index (χ3v) is 3.30. The number of nitrogens with zero attached hydrogens (tertiary/aromatic N) is 1. The molecule has 0 aliphatic carbocycles. The van der Waals surface area contributed by atoms with Gasteiger partial charge < -0.3 is 19.0 Å². The van der Waals surface area contributed by atoms with Crippen LogP contribution in [0.1, 0.15) is 82.1 Å². The van der Waals surface area contributed by atoms with E-state index in [2.05, 4.69) is 0 Å². The van der Waals surface area contributed by atoms with Gasteiger partial charge in [0.2, 0.25) is 0 Å². The van der Waals surface area contributed by atoms with E-state index >= 15 is 0 Å². The van der Waals surface area contributed by atoms with Gasteiger partial charge in [-0.15, -0.1) is 0 Å². The molecule has 0 radical (unpaired) electrons. The Labute approximate surface area is 174 Å². The normalized spacial score (nSPS) is 14.4. The Bertz CT molecular complexity index is 566. The van der Waals surface area contributed by atoms with Crippen LogP contribution in [0.5, 0.6) is 0 Å². The van der Waals surface area contributed by atoms with Gasteiger partial charge in [-0.3, -0.25) is 0 Å². The van der Waals surface area contributed by atoms with Crippen molar-refractivity contribution in [1.29, 1.82) is 0 Å². The molecule has 8 nitrogen and oxygen atoms in total. The molecule has 0 spiro atoms. The van der Waals surface area contributed by atoms with E-state index in [-0.39, 0.29) is 18.8 Å². The summed E-state index contributed by atoms with van der Waals surface area (Å²) in [6.45, 7) is 16.7. The molecule has 0 fully saturated rings. The highest BCUT2D eigenvalue weighted by Gasteiger charge is 2.42. The highest BCUT2D eigenvalue weighted by Crippen LogP contribution is 2.23. The average Bonchev–Trinajstić information content (AvgIpc) is 2.40. The van der Waals surface area contributed by atoms with E-state index in [0.29, 0.717) is 4.90 Å². The second-order valence-electron chi connectivity index (χ2n) is 10.1. The van der Waals surface area contributed by atoms with Gasteiger partial charge in [0.15, 0.2) is 0 Å². The number of hydrogen-bond donors (Lipinski definition) is 0. The maximum absolute atomic E-state index is 12.9. The second kappa shape index (κ2) is 10.1. The lowest BCUT2D eigenvalue weighted by Crippen LogP contribution is -2.53. The van der Waals surface area contributed by atoms with E-state index in [1.165, 1.54) is 0 Å². The molecule has 2 atom stereocenters. The molecule has 0 aromatic carbocycles. The Morgan fingerprint density at radius 2 is 1.17 bits per heavy atom. The lowest BCUT2D eigenvalue weighted by atomic mass is 9.98. The van der Waals surface area contributed by atoms with Crippen LogP contribution in [-0.4, -0.2) is 52.2 Å². The van der Waals surface area contributed by atoms with Crippen molar-refractivity contribution < 1.29 is 33.4 Å². The van der Waals surface area contributed by atoms with Crippen molar-refractivity contribution in [2.45, 2.75) is 105 Å². The monoisotopic (exact) mass is 415 g/mol. The molecular weight excluding hydrogens is 378 g/mol.